The van der Waals surface area contributed by atoms with Crippen molar-refractivity contribution >= 4 is 52.3 Å². The highest BCUT2D eigenvalue weighted by molar-refractivity contribution is 6.53. The molecule has 0 aliphatic carbocycles. The van der Waals surface area contributed by atoms with Crippen molar-refractivity contribution in [2.45, 2.75) is 6.04 Å². The van der Waals surface area contributed by atoms with E-state index >= 15 is 0 Å². The molecule has 3 aromatic rings. The number of piperazine rings is 1. The first-order valence-electron chi connectivity index (χ1n) is 11.4. The van der Waals surface area contributed by atoms with Crippen LogP contribution in [0.3, 0.4) is 0 Å². The molecule has 178 valence electrons. The lowest BCUT2D eigenvalue weighted by atomic mass is 9.96. The average molecular weight is 528 g/mol. The summed E-state index contributed by atoms with van der Waals surface area (Å²) in [7, 11) is 0. The zero-order chi connectivity index (χ0) is 24.5. The second kappa shape index (κ2) is 10.0. The molecule has 2 heterocycles. The Bertz CT molecular complexity index is 1250. The van der Waals surface area contributed by atoms with Crippen LogP contribution in [0, 0.1) is 0 Å². The highest BCUT2D eigenvalue weighted by Gasteiger charge is 2.43. The predicted octanol–water partition coefficient (Wildman–Crippen LogP) is 4.31. The van der Waals surface area contributed by atoms with E-state index in [9.17, 15) is 9.59 Å². The van der Waals surface area contributed by atoms with E-state index in [0.29, 0.717) is 18.1 Å². The molecule has 0 radical (unpaired) electrons. The molecule has 0 unspecified atom stereocenters. The van der Waals surface area contributed by atoms with Crippen molar-refractivity contribution in [3.05, 3.63) is 111 Å². The number of imide groups is 1. The smallest absolute Gasteiger partial charge is 0.283 e. The van der Waals surface area contributed by atoms with Crippen LogP contribution in [0.25, 0.3) is 0 Å². The summed E-state index contributed by atoms with van der Waals surface area (Å²) in [5, 5.41) is 0.558. The van der Waals surface area contributed by atoms with Crippen molar-refractivity contribution in [2.75, 3.05) is 31.1 Å². The highest BCUT2D eigenvalue weighted by atomic mass is 35.5. The number of quaternary nitrogens is 1. The fourth-order valence-corrected chi connectivity index (χ4v) is 5.69. The van der Waals surface area contributed by atoms with E-state index in [-0.39, 0.29) is 27.5 Å². The Balaban J connectivity index is 1.37. The lowest BCUT2D eigenvalue weighted by Crippen LogP contribution is -3.15. The molecule has 0 bridgehead atoms. The summed E-state index contributed by atoms with van der Waals surface area (Å²) in [5.41, 5.74) is 3.00. The third-order valence-electron chi connectivity index (χ3n) is 6.55. The second-order valence-corrected chi connectivity index (χ2v) is 9.83. The Morgan fingerprint density at radius 3 is 1.86 bits per heavy atom. The molecule has 1 N–H and O–H groups in total. The van der Waals surface area contributed by atoms with Crippen LogP contribution in [0.5, 0.6) is 0 Å². The van der Waals surface area contributed by atoms with E-state index in [2.05, 4.69) is 48.5 Å². The molecule has 35 heavy (non-hydrogen) atoms. The van der Waals surface area contributed by atoms with Crippen molar-refractivity contribution in [1.29, 1.82) is 0 Å². The molecular weight excluding hydrogens is 505 g/mol. The molecule has 0 saturated carbocycles. The zero-order valence-electron chi connectivity index (χ0n) is 18.8. The second-order valence-electron chi connectivity index (χ2n) is 8.60. The summed E-state index contributed by atoms with van der Waals surface area (Å²) in [5.74, 6) is -1.03. The van der Waals surface area contributed by atoms with Gasteiger partial charge in [0.1, 0.15) is 16.8 Å². The van der Waals surface area contributed by atoms with Gasteiger partial charge < -0.3 is 9.80 Å². The summed E-state index contributed by atoms with van der Waals surface area (Å²) >= 11 is 18.7. The number of nitrogens with one attached hydrogen (secondary N) is 1. The third-order valence-corrected chi connectivity index (χ3v) is 7.43. The van der Waals surface area contributed by atoms with Crippen molar-refractivity contribution in [3.8, 4) is 0 Å². The Hall–Kier alpha value is -2.83. The van der Waals surface area contributed by atoms with Gasteiger partial charge in [0.15, 0.2) is 0 Å². The van der Waals surface area contributed by atoms with Crippen molar-refractivity contribution in [1.82, 2.24) is 4.90 Å². The predicted molar refractivity (Wildman–Crippen MR) is 139 cm³/mol. The lowest BCUT2D eigenvalue weighted by molar-refractivity contribution is -0.929. The van der Waals surface area contributed by atoms with Gasteiger partial charge in [0.25, 0.3) is 11.8 Å². The number of benzene rings is 3. The summed E-state index contributed by atoms with van der Waals surface area (Å²) in [4.78, 5) is 30.6. The topological polar surface area (TPSA) is 45.1 Å². The molecule has 1 fully saturated rings. The summed E-state index contributed by atoms with van der Waals surface area (Å²) in [6.45, 7) is 2.76. The maximum Gasteiger partial charge on any atom is 0.283 e. The fourth-order valence-electron chi connectivity index (χ4n) is 4.91. The lowest BCUT2D eigenvalue weighted by Gasteiger charge is -2.38. The Morgan fingerprint density at radius 2 is 1.31 bits per heavy atom. The minimum absolute atomic E-state index is 0.0767. The number of nitrogens with zero attached hydrogens (tertiary/aromatic N) is 2. The molecule has 5 rings (SSSR count). The van der Waals surface area contributed by atoms with Gasteiger partial charge in [-0.25, -0.2) is 4.90 Å². The molecule has 5 nitrogen and oxygen atoms in total. The van der Waals surface area contributed by atoms with E-state index in [1.165, 1.54) is 22.1 Å². The first kappa shape index (κ1) is 23.9. The number of hydrogen-bond donors (Lipinski definition) is 1. The number of carbonyl (C=O) groups excluding carboxylic acids is 2. The van der Waals surface area contributed by atoms with Crippen LogP contribution in [0.4, 0.5) is 5.69 Å². The molecule has 8 heteroatoms. The zero-order valence-corrected chi connectivity index (χ0v) is 21.0. The van der Waals surface area contributed by atoms with Gasteiger partial charge in [-0.3, -0.25) is 9.59 Å². The normalized spacial score (nSPS) is 17.1. The molecule has 3 aromatic carbocycles. The third kappa shape index (κ3) is 4.57. The van der Waals surface area contributed by atoms with Crippen molar-refractivity contribution in [2.24, 2.45) is 0 Å². The largest absolute Gasteiger partial charge is 0.354 e. The van der Waals surface area contributed by atoms with E-state index < -0.39 is 11.8 Å². The molecular formula is C27H23Cl3N3O2+. The van der Waals surface area contributed by atoms with Gasteiger partial charge in [-0.2, -0.15) is 0 Å². The van der Waals surface area contributed by atoms with Crippen molar-refractivity contribution in [3.63, 3.8) is 0 Å². The molecule has 2 aliphatic rings. The van der Waals surface area contributed by atoms with Gasteiger partial charge in [-0.05, 0) is 18.2 Å². The molecule has 1 saturated heterocycles. The van der Waals surface area contributed by atoms with Gasteiger partial charge in [0.05, 0.1) is 36.9 Å². The van der Waals surface area contributed by atoms with Gasteiger partial charge in [0, 0.05) is 16.1 Å². The van der Waals surface area contributed by atoms with Crippen LogP contribution in [0.2, 0.25) is 10.0 Å². The van der Waals surface area contributed by atoms with Crippen LogP contribution in [0.15, 0.2) is 89.6 Å². The van der Waals surface area contributed by atoms with Gasteiger partial charge in [-0.15, -0.1) is 0 Å². The number of rotatable bonds is 5. The molecule has 2 aliphatic heterocycles. The number of hydrogen-bond acceptors (Lipinski definition) is 3. The van der Waals surface area contributed by atoms with E-state index in [0.717, 1.165) is 18.0 Å². The standard InChI is InChI=1S/C27H22Cl3N3O2/c28-20-11-12-22(21(29)17-20)33-26(34)23(30)25(27(33)35)32-15-13-31(14-16-32)24(18-7-3-1-4-8-18)19-9-5-2-6-10-19/h1-12,17,24H,13-16H2/p+1. The van der Waals surface area contributed by atoms with Gasteiger partial charge in [-0.1, -0.05) is 95.5 Å². The van der Waals surface area contributed by atoms with Crippen LogP contribution < -0.4 is 9.80 Å². The van der Waals surface area contributed by atoms with Crippen LogP contribution in [0.1, 0.15) is 17.2 Å². The molecule has 0 atom stereocenters. The van der Waals surface area contributed by atoms with Crippen molar-refractivity contribution < 1.29 is 14.5 Å². The van der Waals surface area contributed by atoms with Gasteiger partial charge in [0.2, 0.25) is 0 Å². The van der Waals surface area contributed by atoms with E-state index in [4.69, 9.17) is 34.8 Å². The number of anilines is 1. The molecule has 0 spiro atoms. The highest BCUT2D eigenvalue weighted by Crippen LogP contribution is 2.36. The summed E-state index contributed by atoms with van der Waals surface area (Å²) in [6.07, 6.45) is 0. The minimum atomic E-state index is -0.572. The fraction of sp³-hybridized carbons (Fsp3) is 0.185. The summed E-state index contributed by atoms with van der Waals surface area (Å²) in [6, 6.07) is 25.7. The van der Waals surface area contributed by atoms with Crippen LogP contribution in [-0.2, 0) is 9.59 Å². The average Bonchev–Trinajstić information content (AvgIpc) is 3.09. The SMILES string of the molecule is O=C1C(Cl)=C(N2CC[NH+](C(c3ccccc3)c3ccccc3)CC2)C(=O)N1c1ccc(Cl)cc1Cl. The minimum Gasteiger partial charge on any atom is -0.354 e. The number of carbonyl (C=O) groups is 2. The monoisotopic (exact) mass is 526 g/mol. The first-order valence-corrected chi connectivity index (χ1v) is 12.5. The van der Waals surface area contributed by atoms with E-state index in [1.54, 1.807) is 12.1 Å². The maximum atomic E-state index is 13.3. The number of amides is 2. The molecule has 0 aromatic heterocycles. The Morgan fingerprint density at radius 1 is 0.743 bits per heavy atom. The first-order chi connectivity index (χ1) is 17.0. The quantitative estimate of drug-likeness (QED) is 0.503. The van der Waals surface area contributed by atoms with E-state index in [1.807, 2.05) is 17.0 Å². The number of halogens is 3. The maximum absolute atomic E-state index is 13.3. The van der Waals surface area contributed by atoms with Gasteiger partial charge >= 0.3 is 0 Å². The van der Waals surface area contributed by atoms with Crippen LogP contribution >= 0.6 is 34.8 Å². The Labute approximate surface area is 219 Å². The van der Waals surface area contributed by atoms with Crippen LogP contribution in [-0.4, -0.2) is 42.9 Å². The Kier molecular flexibility index (Phi) is 6.85. The molecule has 2 amide bonds. The summed E-state index contributed by atoms with van der Waals surface area (Å²) < 4.78 is 0.